The molecule has 0 atom stereocenters. The molecule has 16 heavy (non-hydrogen) atoms. The number of hydrogen-bond acceptors (Lipinski definition) is 3. The Morgan fingerprint density at radius 2 is 2.12 bits per heavy atom. The molecule has 0 aliphatic heterocycles. The molecule has 0 N–H and O–H groups in total. The van der Waals surface area contributed by atoms with Crippen molar-refractivity contribution in [1.82, 2.24) is 9.97 Å². The van der Waals surface area contributed by atoms with E-state index in [-0.39, 0.29) is 0 Å². The van der Waals surface area contributed by atoms with Crippen LogP contribution in [0.1, 0.15) is 38.4 Å². The summed E-state index contributed by atoms with van der Waals surface area (Å²) in [5, 5.41) is 0. The van der Waals surface area contributed by atoms with E-state index in [1.165, 1.54) is 0 Å². The van der Waals surface area contributed by atoms with Gasteiger partial charge < -0.3 is 4.90 Å². The minimum atomic E-state index is 0.418. The first-order chi connectivity index (χ1) is 7.60. The predicted octanol–water partition coefficient (Wildman–Crippen LogP) is 3.15. The second kappa shape index (κ2) is 6.04. The summed E-state index contributed by atoms with van der Waals surface area (Å²) >= 11 is 5.79. The highest BCUT2D eigenvalue weighted by Crippen LogP contribution is 2.15. The van der Waals surface area contributed by atoms with Crippen LogP contribution in [-0.4, -0.2) is 22.6 Å². The van der Waals surface area contributed by atoms with Crippen LogP contribution in [0.2, 0.25) is 0 Å². The summed E-state index contributed by atoms with van der Waals surface area (Å²) in [6.07, 6.45) is 2.92. The number of anilines is 1. The third-order valence-corrected chi connectivity index (χ3v) is 2.84. The smallest absolute Gasteiger partial charge is 0.225 e. The van der Waals surface area contributed by atoms with Crippen molar-refractivity contribution in [2.24, 2.45) is 0 Å². The highest BCUT2D eigenvalue weighted by Gasteiger charge is 2.13. The summed E-state index contributed by atoms with van der Waals surface area (Å²) < 4.78 is 0. The summed E-state index contributed by atoms with van der Waals surface area (Å²) in [5.74, 6) is 1.28. The van der Waals surface area contributed by atoms with E-state index in [0.29, 0.717) is 11.9 Å². The van der Waals surface area contributed by atoms with E-state index >= 15 is 0 Å². The Morgan fingerprint density at radius 1 is 1.44 bits per heavy atom. The van der Waals surface area contributed by atoms with Gasteiger partial charge in [0.25, 0.3) is 0 Å². The molecule has 1 aromatic rings. The molecule has 3 nitrogen and oxygen atoms in total. The van der Waals surface area contributed by atoms with Crippen LogP contribution in [0.15, 0.2) is 6.20 Å². The van der Waals surface area contributed by atoms with Crippen LogP contribution in [-0.2, 0) is 5.88 Å². The van der Waals surface area contributed by atoms with Crippen molar-refractivity contribution in [3.8, 4) is 0 Å². The zero-order chi connectivity index (χ0) is 12.1. The maximum Gasteiger partial charge on any atom is 0.225 e. The normalized spacial score (nSPS) is 10.9. The summed E-state index contributed by atoms with van der Waals surface area (Å²) in [6.45, 7) is 9.44. The third-order valence-electron chi connectivity index (χ3n) is 2.56. The Bertz CT molecular complexity index is 339. The molecule has 90 valence electrons. The first-order valence-electron chi connectivity index (χ1n) is 5.75. The van der Waals surface area contributed by atoms with Gasteiger partial charge in [-0.1, -0.05) is 6.92 Å². The minimum Gasteiger partial charge on any atom is -0.338 e. The standard InChI is InChI=1S/C12H20ClN3/c1-5-6-16(9(2)3)12-14-8-11(7-13)10(4)15-12/h8-9H,5-7H2,1-4H3. The Balaban J connectivity index is 2.97. The van der Waals surface area contributed by atoms with Crippen molar-refractivity contribution in [3.05, 3.63) is 17.5 Å². The van der Waals surface area contributed by atoms with Crippen LogP contribution >= 0.6 is 11.6 Å². The fraction of sp³-hybridized carbons (Fsp3) is 0.667. The SMILES string of the molecule is CCCN(c1ncc(CCl)c(C)n1)C(C)C. The lowest BCUT2D eigenvalue weighted by Gasteiger charge is -2.26. The van der Waals surface area contributed by atoms with Gasteiger partial charge in [-0.15, -0.1) is 11.6 Å². The Morgan fingerprint density at radius 3 is 2.56 bits per heavy atom. The fourth-order valence-electron chi connectivity index (χ4n) is 1.58. The van der Waals surface area contributed by atoms with Gasteiger partial charge in [0, 0.05) is 30.0 Å². The van der Waals surface area contributed by atoms with Crippen molar-refractivity contribution < 1.29 is 0 Å². The molecule has 0 radical (unpaired) electrons. The van der Waals surface area contributed by atoms with Crippen molar-refractivity contribution in [2.45, 2.75) is 46.0 Å². The van der Waals surface area contributed by atoms with Gasteiger partial charge in [-0.25, -0.2) is 9.97 Å². The number of halogens is 1. The number of aryl methyl sites for hydroxylation is 1. The van der Waals surface area contributed by atoms with E-state index in [2.05, 4.69) is 35.6 Å². The van der Waals surface area contributed by atoms with Gasteiger partial charge in [0.15, 0.2) is 0 Å². The molecule has 1 rings (SSSR count). The predicted molar refractivity (Wildman–Crippen MR) is 69.1 cm³/mol. The van der Waals surface area contributed by atoms with E-state index in [1.54, 1.807) is 0 Å². The molecule has 0 aromatic carbocycles. The lowest BCUT2D eigenvalue weighted by atomic mass is 10.2. The van der Waals surface area contributed by atoms with E-state index < -0.39 is 0 Å². The lowest BCUT2D eigenvalue weighted by molar-refractivity contribution is 0.649. The van der Waals surface area contributed by atoms with Crippen LogP contribution < -0.4 is 4.90 Å². The molecular weight excluding hydrogens is 222 g/mol. The highest BCUT2D eigenvalue weighted by molar-refractivity contribution is 6.17. The van der Waals surface area contributed by atoms with Gasteiger partial charge in [0.05, 0.1) is 5.88 Å². The molecule has 0 aliphatic carbocycles. The van der Waals surface area contributed by atoms with E-state index in [1.807, 2.05) is 13.1 Å². The molecule has 0 bridgehead atoms. The third kappa shape index (κ3) is 3.08. The van der Waals surface area contributed by atoms with E-state index in [4.69, 9.17) is 11.6 Å². The van der Waals surface area contributed by atoms with Crippen molar-refractivity contribution in [1.29, 1.82) is 0 Å². The quantitative estimate of drug-likeness (QED) is 0.742. The summed E-state index contributed by atoms with van der Waals surface area (Å²) in [7, 11) is 0. The number of aromatic nitrogens is 2. The van der Waals surface area contributed by atoms with Crippen LogP contribution in [0.25, 0.3) is 0 Å². The summed E-state index contributed by atoms with van der Waals surface area (Å²) in [5.41, 5.74) is 1.98. The average Bonchev–Trinajstić information content (AvgIpc) is 2.25. The first kappa shape index (κ1) is 13.2. The van der Waals surface area contributed by atoms with Gasteiger partial charge in [-0.3, -0.25) is 0 Å². The largest absolute Gasteiger partial charge is 0.338 e. The monoisotopic (exact) mass is 241 g/mol. The molecule has 1 aromatic heterocycles. The van der Waals surface area contributed by atoms with Crippen molar-refractivity contribution >= 4 is 17.5 Å². The molecule has 0 saturated heterocycles. The van der Waals surface area contributed by atoms with Gasteiger partial charge >= 0.3 is 0 Å². The molecule has 0 spiro atoms. The number of nitrogens with zero attached hydrogens (tertiary/aromatic N) is 3. The maximum atomic E-state index is 5.79. The second-order valence-corrected chi connectivity index (χ2v) is 4.47. The number of rotatable bonds is 5. The van der Waals surface area contributed by atoms with Crippen LogP contribution in [0.3, 0.4) is 0 Å². The van der Waals surface area contributed by atoms with Gasteiger partial charge in [0.1, 0.15) is 0 Å². The van der Waals surface area contributed by atoms with Gasteiger partial charge in [0.2, 0.25) is 5.95 Å². The topological polar surface area (TPSA) is 29.0 Å². The van der Waals surface area contributed by atoms with Crippen LogP contribution in [0, 0.1) is 6.92 Å². The highest BCUT2D eigenvalue weighted by atomic mass is 35.5. The van der Waals surface area contributed by atoms with E-state index in [0.717, 1.165) is 30.2 Å². The van der Waals surface area contributed by atoms with Crippen LogP contribution in [0.5, 0.6) is 0 Å². The van der Waals surface area contributed by atoms with Gasteiger partial charge in [-0.2, -0.15) is 0 Å². The summed E-state index contributed by atoms with van der Waals surface area (Å²) in [4.78, 5) is 11.1. The Labute approximate surface area is 103 Å². The molecule has 0 aliphatic rings. The lowest BCUT2D eigenvalue weighted by Crippen LogP contribution is -2.33. The number of alkyl halides is 1. The zero-order valence-electron chi connectivity index (χ0n) is 10.5. The molecule has 0 fully saturated rings. The fourth-order valence-corrected chi connectivity index (χ4v) is 1.84. The molecule has 0 amide bonds. The average molecular weight is 242 g/mol. The first-order valence-corrected chi connectivity index (χ1v) is 6.28. The van der Waals surface area contributed by atoms with Crippen molar-refractivity contribution in [2.75, 3.05) is 11.4 Å². The van der Waals surface area contributed by atoms with Gasteiger partial charge in [-0.05, 0) is 27.2 Å². The van der Waals surface area contributed by atoms with E-state index in [9.17, 15) is 0 Å². The number of hydrogen-bond donors (Lipinski definition) is 0. The Kier molecular flexibility index (Phi) is 5.00. The molecule has 0 saturated carbocycles. The molecule has 4 heteroatoms. The maximum absolute atomic E-state index is 5.79. The second-order valence-electron chi connectivity index (χ2n) is 4.20. The van der Waals surface area contributed by atoms with Crippen LogP contribution in [0.4, 0.5) is 5.95 Å². The van der Waals surface area contributed by atoms with Crippen molar-refractivity contribution in [3.63, 3.8) is 0 Å². The minimum absolute atomic E-state index is 0.418. The zero-order valence-corrected chi connectivity index (χ0v) is 11.3. The molecule has 1 heterocycles. The summed E-state index contributed by atoms with van der Waals surface area (Å²) in [6, 6.07) is 0.418. The Hall–Kier alpha value is -0.830. The molecular formula is C12H20ClN3. The molecule has 0 unspecified atom stereocenters.